The van der Waals surface area contributed by atoms with Crippen LogP contribution in [0.2, 0.25) is 0 Å². The fourth-order valence-electron chi connectivity index (χ4n) is 3.84. The van der Waals surface area contributed by atoms with E-state index in [1.807, 2.05) is 30.3 Å². The molecule has 0 bridgehead atoms. The molecule has 1 aliphatic heterocycles. The lowest BCUT2D eigenvalue weighted by molar-refractivity contribution is 0.0761. The van der Waals surface area contributed by atoms with Crippen LogP contribution < -0.4 is 4.90 Å². The molecule has 0 unspecified atom stereocenters. The second-order valence-corrected chi connectivity index (χ2v) is 7.33. The lowest BCUT2D eigenvalue weighted by Crippen LogP contribution is -2.43. The maximum absolute atomic E-state index is 13.4. The Kier molecular flexibility index (Phi) is 5.68. The van der Waals surface area contributed by atoms with Crippen LogP contribution >= 0.6 is 0 Å². The summed E-state index contributed by atoms with van der Waals surface area (Å²) in [6, 6.07) is 21.0. The number of phenols is 1. The molecule has 154 valence electrons. The molecule has 3 atom stereocenters. The zero-order valence-corrected chi connectivity index (χ0v) is 16.2. The molecule has 0 saturated carbocycles. The molecule has 1 saturated heterocycles. The summed E-state index contributed by atoms with van der Waals surface area (Å²) in [6.07, 6.45) is -1.29. The number of cyclic esters (lactones) is 1. The van der Waals surface area contributed by atoms with E-state index in [9.17, 15) is 19.4 Å². The Hall–Kier alpha value is -3.38. The SMILES string of the molecule is O=C1O[C@@H](c2cccc(O)c2)[C@@H]([C@H](O)CCc2ccccc2)N1c1ccc(F)cc1. The topological polar surface area (TPSA) is 70.0 Å². The molecule has 3 aromatic rings. The van der Waals surface area contributed by atoms with Gasteiger partial charge in [0.15, 0.2) is 6.10 Å². The Morgan fingerprint density at radius 3 is 2.43 bits per heavy atom. The van der Waals surface area contributed by atoms with E-state index in [2.05, 4.69) is 0 Å². The van der Waals surface area contributed by atoms with E-state index in [0.29, 0.717) is 24.1 Å². The summed E-state index contributed by atoms with van der Waals surface area (Å²) in [5.41, 5.74) is 2.09. The predicted molar refractivity (Wildman–Crippen MR) is 111 cm³/mol. The highest BCUT2D eigenvalue weighted by atomic mass is 19.1. The van der Waals surface area contributed by atoms with Crippen molar-refractivity contribution >= 4 is 11.8 Å². The van der Waals surface area contributed by atoms with E-state index in [0.717, 1.165) is 5.56 Å². The van der Waals surface area contributed by atoms with E-state index in [1.54, 1.807) is 12.1 Å². The zero-order chi connectivity index (χ0) is 21.1. The van der Waals surface area contributed by atoms with E-state index in [1.165, 1.54) is 41.3 Å². The van der Waals surface area contributed by atoms with Crippen LogP contribution in [0.25, 0.3) is 0 Å². The number of hydrogen-bond acceptors (Lipinski definition) is 4. The minimum Gasteiger partial charge on any atom is -0.508 e. The van der Waals surface area contributed by atoms with Crippen molar-refractivity contribution in [3.63, 3.8) is 0 Å². The second-order valence-electron chi connectivity index (χ2n) is 7.33. The van der Waals surface area contributed by atoms with Gasteiger partial charge < -0.3 is 14.9 Å². The minimum atomic E-state index is -0.908. The highest BCUT2D eigenvalue weighted by Crippen LogP contribution is 2.39. The van der Waals surface area contributed by atoms with Crippen molar-refractivity contribution in [1.29, 1.82) is 0 Å². The summed E-state index contributed by atoms with van der Waals surface area (Å²) in [7, 11) is 0. The van der Waals surface area contributed by atoms with Gasteiger partial charge in [0.1, 0.15) is 17.6 Å². The van der Waals surface area contributed by atoms with Gasteiger partial charge in [0.2, 0.25) is 0 Å². The number of aryl methyl sites for hydroxylation is 1. The summed E-state index contributed by atoms with van der Waals surface area (Å²) in [4.78, 5) is 14.1. The van der Waals surface area contributed by atoms with Gasteiger partial charge in [0.05, 0.1) is 6.10 Å². The van der Waals surface area contributed by atoms with Gasteiger partial charge in [-0.1, -0.05) is 42.5 Å². The Bertz CT molecular complexity index is 1010. The smallest absolute Gasteiger partial charge is 0.415 e. The van der Waals surface area contributed by atoms with E-state index in [4.69, 9.17) is 4.74 Å². The first-order valence-corrected chi connectivity index (χ1v) is 9.79. The number of phenolic OH excluding ortho intramolecular Hbond substituents is 1. The van der Waals surface area contributed by atoms with Crippen LogP contribution in [0.5, 0.6) is 5.75 Å². The van der Waals surface area contributed by atoms with Crippen LogP contribution in [0.4, 0.5) is 14.9 Å². The van der Waals surface area contributed by atoms with Gasteiger partial charge in [0, 0.05) is 5.69 Å². The number of rotatable bonds is 6. The average molecular weight is 407 g/mol. The number of aromatic hydroxyl groups is 1. The molecule has 1 fully saturated rings. The van der Waals surface area contributed by atoms with Crippen molar-refractivity contribution in [2.75, 3.05) is 4.90 Å². The maximum Gasteiger partial charge on any atom is 0.415 e. The summed E-state index contributed by atoms with van der Waals surface area (Å²) in [5, 5.41) is 21.0. The number of benzene rings is 3. The average Bonchev–Trinajstić information content (AvgIpc) is 3.10. The van der Waals surface area contributed by atoms with Gasteiger partial charge in [-0.15, -0.1) is 0 Å². The van der Waals surface area contributed by atoms with Crippen LogP contribution in [0.1, 0.15) is 23.7 Å². The molecule has 30 heavy (non-hydrogen) atoms. The Labute approximate surface area is 174 Å². The van der Waals surface area contributed by atoms with E-state index in [-0.39, 0.29) is 5.75 Å². The van der Waals surface area contributed by atoms with Crippen LogP contribution in [-0.4, -0.2) is 28.5 Å². The molecule has 0 aliphatic carbocycles. The number of aliphatic hydroxyl groups is 1. The van der Waals surface area contributed by atoms with Gasteiger partial charge in [-0.3, -0.25) is 4.90 Å². The molecule has 0 radical (unpaired) electrons. The van der Waals surface area contributed by atoms with Crippen molar-refractivity contribution in [2.45, 2.75) is 31.1 Å². The number of ether oxygens (including phenoxy) is 1. The zero-order valence-electron chi connectivity index (χ0n) is 16.2. The molecule has 1 heterocycles. The Morgan fingerprint density at radius 2 is 1.73 bits per heavy atom. The van der Waals surface area contributed by atoms with Crippen molar-refractivity contribution in [2.24, 2.45) is 0 Å². The fraction of sp³-hybridized carbons (Fsp3) is 0.208. The Balaban J connectivity index is 1.66. The molecule has 1 aliphatic rings. The van der Waals surface area contributed by atoms with E-state index >= 15 is 0 Å². The molecule has 0 spiro atoms. The van der Waals surface area contributed by atoms with Crippen LogP contribution in [0.15, 0.2) is 78.9 Å². The monoisotopic (exact) mass is 407 g/mol. The predicted octanol–water partition coefficient (Wildman–Crippen LogP) is 4.59. The standard InChI is InChI=1S/C24H22FNO4/c25-18-10-12-19(13-11-18)26-22(21(28)14-9-16-5-2-1-3-6-16)23(30-24(26)29)17-7-4-8-20(27)15-17/h1-8,10-13,15,21-23,27-28H,9,14H2/t21-,22-,23+/m1/s1. The first-order chi connectivity index (χ1) is 14.5. The summed E-state index contributed by atoms with van der Waals surface area (Å²) < 4.78 is 19.0. The largest absolute Gasteiger partial charge is 0.508 e. The molecular formula is C24H22FNO4. The number of anilines is 1. The maximum atomic E-state index is 13.4. The number of hydrogen-bond donors (Lipinski definition) is 2. The molecule has 2 N–H and O–H groups in total. The third kappa shape index (κ3) is 4.14. The summed E-state index contributed by atoms with van der Waals surface area (Å²) in [6.45, 7) is 0. The normalized spacial score (nSPS) is 19.5. The number of nitrogens with zero attached hydrogens (tertiary/aromatic N) is 1. The second kappa shape index (κ2) is 8.55. The van der Waals surface area contributed by atoms with Gasteiger partial charge in [0.25, 0.3) is 0 Å². The van der Waals surface area contributed by atoms with Crippen molar-refractivity contribution in [3.8, 4) is 5.75 Å². The number of aliphatic hydroxyl groups excluding tert-OH is 1. The minimum absolute atomic E-state index is 0.0429. The van der Waals surface area contributed by atoms with Gasteiger partial charge >= 0.3 is 6.09 Å². The molecule has 5 nitrogen and oxygen atoms in total. The quantitative estimate of drug-likeness (QED) is 0.627. The molecule has 4 rings (SSSR count). The van der Waals surface area contributed by atoms with Crippen LogP contribution in [0, 0.1) is 5.82 Å². The Morgan fingerprint density at radius 1 is 1.00 bits per heavy atom. The third-order valence-electron chi connectivity index (χ3n) is 5.30. The van der Waals surface area contributed by atoms with Crippen molar-refractivity contribution in [1.82, 2.24) is 0 Å². The van der Waals surface area contributed by atoms with E-state index < -0.39 is 30.2 Å². The molecular weight excluding hydrogens is 385 g/mol. The van der Waals surface area contributed by atoms with Gasteiger partial charge in [-0.25, -0.2) is 9.18 Å². The fourth-order valence-corrected chi connectivity index (χ4v) is 3.84. The first kappa shape index (κ1) is 19.9. The summed E-state index contributed by atoms with van der Waals surface area (Å²) in [5.74, 6) is -0.377. The third-order valence-corrected chi connectivity index (χ3v) is 5.30. The van der Waals surface area contributed by atoms with Gasteiger partial charge in [-0.2, -0.15) is 0 Å². The van der Waals surface area contributed by atoms with Crippen molar-refractivity contribution < 1.29 is 24.1 Å². The number of carbonyl (C=O) groups is 1. The first-order valence-electron chi connectivity index (χ1n) is 9.79. The van der Waals surface area contributed by atoms with Crippen LogP contribution in [0.3, 0.4) is 0 Å². The number of halogens is 1. The highest BCUT2D eigenvalue weighted by molar-refractivity contribution is 5.91. The highest BCUT2D eigenvalue weighted by Gasteiger charge is 2.47. The van der Waals surface area contributed by atoms with Crippen LogP contribution in [-0.2, 0) is 11.2 Å². The molecule has 3 aromatic carbocycles. The van der Waals surface area contributed by atoms with Gasteiger partial charge in [-0.05, 0) is 60.4 Å². The lowest BCUT2D eigenvalue weighted by atomic mass is 9.93. The summed E-state index contributed by atoms with van der Waals surface area (Å²) >= 11 is 0. The van der Waals surface area contributed by atoms with Crippen molar-refractivity contribution in [3.05, 3.63) is 95.8 Å². The number of amides is 1. The molecule has 1 amide bonds. The molecule has 0 aromatic heterocycles. The molecule has 6 heteroatoms. The lowest BCUT2D eigenvalue weighted by Gasteiger charge is -2.29. The number of carbonyl (C=O) groups excluding carboxylic acids is 1.